The second kappa shape index (κ2) is 4.93. The van der Waals surface area contributed by atoms with Gasteiger partial charge in [0, 0.05) is 32.6 Å². The molecule has 0 radical (unpaired) electrons. The molecule has 90 valence electrons. The number of hydrogen-bond acceptors (Lipinski definition) is 5. The van der Waals surface area contributed by atoms with Gasteiger partial charge in [-0.2, -0.15) is 4.98 Å². The summed E-state index contributed by atoms with van der Waals surface area (Å²) >= 11 is 0. The number of aromatic nitrogens is 2. The molecule has 0 unspecified atom stereocenters. The van der Waals surface area contributed by atoms with Crippen molar-refractivity contribution in [2.45, 2.75) is 26.3 Å². The molecule has 1 fully saturated rings. The first-order valence-corrected chi connectivity index (χ1v) is 5.95. The van der Waals surface area contributed by atoms with Crippen LogP contribution in [0.2, 0.25) is 0 Å². The Morgan fingerprint density at radius 3 is 2.56 bits per heavy atom. The predicted molar refractivity (Wildman–Crippen MR) is 61.2 cm³/mol. The Balaban J connectivity index is 1.98. The molecule has 1 aliphatic heterocycles. The smallest absolute Gasteiger partial charge is 0.243 e. The first-order valence-electron chi connectivity index (χ1n) is 5.95. The normalized spacial score (nSPS) is 21.2. The second-order valence-corrected chi connectivity index (χ2v) is 4.42. The van der Waals surface area contributed by atoms with Crippen LogP contribution in [0.1, 0.15) is 31.6 Å². The van der Waals surface area contributed by atoms with Crippen LogP contribution in [0, 0.1) is 0 Å². The van der Waals surface area contributed by atoms with Crippen molar-refractivity contribution in [3.63, 3.8) is 0 Å². The van der Waals surface area contributed by atoms with Crippen molar-refractivity contribution in [1.29, 1.82) is 0 Å². The molecule has 2 heterocycles. The summed E-state index contributed by atoms with van der Waals surface area (Å²) in [7, 11) is 2.16. The number of rotatable bonds is 3. The van der Waals surface area contributed by atoms with Gasteiger partial charge in [-0.3, -0.25) is 4.90 Å². The minimum Gasteiger partial charge on any atom is -0.338 e. The number of piperazine rings is 1. The summed E-state index contributed by atoms with van der Waals surface area (Å²) in [6.07, 6.45) is 0.832. The van der Waals surface area contributed by atoms with Crippen LogP contribution in [-0.2, 0) is 6.42 Å². The Labute approximate surface area is 96.4 Å². The molecule has 1 saturated heterocycles. The first kappa shape index (κ1) is 11.5. The van der Waals surface area contributed by atoms with Crippen molar-refractivity contribution in [2.75, 3.05) is 33.2 Å². The van der Waals surface area contributed by atoms with Crippen molar-refractivity contribution in [3.8, 4) is 0 Å². The van der Waals surface area contributed by atoms with Gasteiger partial charge in [0.2, 0.25) is 5.89 Å². The van der Waals surface area contributed by atoms with Crippen molar-refractivity contribution in [1.82, 2.24) is 19.9 Å². The zero-order chi connectivity index (χ0) is 11.5. The van der Waals surface area contributed by atoms with Crippen LogP contribution in [-0.4, -0.2) is 53.2 Å². The van der Waals surface area contributed by atoms with Gasteiger partial charge in [-0.1, -0.05) is 12.1 Å². The zero-order valence-electron chi connectivity index (χ0n) is 10.3. The SMILES string of the molecule is CCc1noc([C@H](C)N2CCN(C)CC2)n1. The molecule has 0 spiro atoms. The predicted octanol–water partition coefficient (Wildman–Crippen LogP) is 0.940. The lowest BCUT2D eigenvalue weighted by Crippen LogP contribution is -2.45. The molecule has 1 aromatic heterocycles. The maximum absolute atomic E-state index is 5.28. The number of hydrogen-bond donors (Lipinski definition) is 0. The van der Waals surface area contributed by atoms with Crippen LogP contribution in [0.5, 0.6) is 0 Å². The fourth-order valence-corrected chi connectivity index (χ4v) is 1.95. The van der Waals surface area contributed by atoms with Crippen LogP contribution in [0.4, 0.5) is 0 Å². The van der Waals surface area contributed by atoms with Crippen molar-refractivity contribution in [2.24, 2.45) is 0 Å². The molecular weight excluding hydrogens is 204 g/mol. The van der Waals surface area contributed by atoms with Crippen molar-refractivity contribution < 1.29 is 4.52 Å². The van der Waals surface area contributed by atoms with Crippen LogP contribution in [0.15, 0.2) is 4.52 Å². The van der Waals surface area contributed by atoms with E-state index in [2.05, 4.69) is 33.9 Å². The van der Waals surface area contributed by atoms with E-state index in [1.54, 1.807) is 0 Å². The average molecular weight is 224 g/mol. The minimum absolute atomic E-state index is 0.237. The topological polar surface area (TPSA) is 45.4 Å². The van der Waals surface area contributed by atoms with E-state index >= 15 is 0 Å². The zero-order valence-corrected chi connectivity index (χ0v) is 10.3. The molecule has 16 heavy (non-hydrogen) atoms. The molecule has 1 atom stereocenters. The Hall–Kier alpha value is -0.940. The fourth-order valence-electron chi connectivity index (χ4n) is 1.95. The van der Waals surface area contributed by atoms with Gasteiger partial charge in [0.25, 0.3) is 0 Å². The Kier molecular flexibility index (Phi) is 3.56. The average Bonchev–Trinajstić information content (AvgIpc) is 2.77. The summed E-state index contributed by atoms with van der Waals surface area (Å²) in [4.78, 5) is 9.13. The summed E-state index contributed by atoms with van der Waals surface area (Å²) in [5.74, 6) is 1.55. The molecule has 0 aliphatic carbocycles. The van der Waals surface area contributed by atoms with Gasteiger partial charge in [0.15, 0.2) is 5.82 Å². The van der Waals surface area contributed by atoms with Crippen molar-refractivity contribution in [3.05, 3.63) is 11.7 Å². The Morgan fingerprint density at radius 2 is 2.00 bits per heavy atom. The number of aryl methyl sites for hydroxylation is 1. The molecule has 2 rings (SSSR count). The monoisotopic (exact) mass is 224 g/mol. The standard InChI is InChI=1S/C11H20N4O/c1-4-10-12-11(16-13-10)9(2)15-7-5-14(3)6-8-15/h9H,4-8H2,1-3H3/t9-/m0/s1. The summed E-state index contributed by atoms with van der Waals surface area (Å²) in [5, 5.41) is 3.94. The third-order valence-corrected chi connectivity index (χ3v) is 3.24. The third kappa shape index (κ3) is 2.41. The van der Waals surface area contributed by atoms with Gasteiger partial charge in [0.1, 0.15) is 0 Å². The highest BCUT2D eigenvalue weighted by Crippen LogP contribution is 2.19. The molecule has 0 saturated carbocycles. The van der Waals surface area contributed by atoms with Gasteiger partial charge in [-0.15, -0.1) is 0 Å². The van der Waals surface area contributed by atoms with Crippen LogP contribution in [0.3, 0.4) is 0 Å². The molecule has 1 aromatic rings. The summed E-state index contributed by atoms with van der Waals surface area (Å²) < 4.78 is 5.28. The van der Waals surface area contributed by atoms with E-state index in [1.165, 1.54) is 0 Å². The third-order valence-electron chi connectivity index (χ3n) is 3.24. The summed E-state index contributed by atoms with van der Waals surface area (Å²) in [6, 6.07) is 0.237. The Bertz CT molecular complexity index is 330. The maximum atomic E-state index is 5.28. The Morgan fingerprint density at radius 1 is 1.31 bits per heavy atom. The van der Waals surface area contributed by atoms with Crippen LogP contribution < -0.4 is 0 Å². The molecular formula is C11H20N4O. The summed E-state index contributed by atoms with van der Waals surface area (Å²) in [5.41, 5.74) is 0. The van der Waals surface area contributed by atoms with E-state index in [4.69, 9.17) is 4.52 Å². The van der Waals surface area contributed by atoms with Gasteiger partial charge >= 0.3 is 0 Å². The van der Waals surface area contributed by atoms with Gasteiger partial charge in [-0.25, -0.2) is 0 Å². The highest BCUT2D eigenvalue weighted by Gasteiger charge is 2.24. The summed E-state index contributed by atoms with van der Waals surface area (Å²) in [6.45, 7) is 8.54. The van der Waals surface area contributed by atoms with E-state index in [9.17, 15) is 0 Å². The lowest BCUT2D eigenvalue weighted by molar-refractivity contribution is 0.102. The molecule has 0 amide bonds. The molecule has 0 N–H and O–H groups in total. The fraction of sp³-hybridized carbons (Fsp3) is 0.818. The molecule has 0 aromatic carbocycles. The minimum atomic E-state index is 0.237. The highest BCUT2D eigenvalue weighted by atomic mass is 16.5. The lowest BCUT2D eigenvalue weighted by atomic mass is 10.2. The molecule has 5 heteroatoms. The van der Waals surface area contributed by atoms with E-state index in [1.807, 2.05) is 6.92 Å². The van der Waals surface area contributed by atoms with Crippen molar-refractivity contribution >= 4 is 0 Å². The second-order valence-electron chi connectivity index (χ2n) is 4.42. The van der Waals surface area contributed by atoms with E-state index in [0.29, 0.717) is 0 Å². The van der Waals surface area contributed by atoms with Crippen LogP contribution >= 0.6 is 0 Å². The van der Waals surface area contributed by atoms with Gasteiger partial charge in [-0.05, 0) is 14.0 Å². The van der Waals surface area contributed by atoms with E-state index in [0.717, 1.165) is 44.3 Å². The maximum Gasteiger partial charge on any atom is 0.243 e. The highest BCUT2D eigenvalue weighted by molar-refractivity contribution is 4.93. The molecule has 1 aliphatic rings. The molecule has 0 bridgehead atoms. The molecule has 5 nitrogen and oxygen atoms in total. The number of likely N-dealkylation sites (N-methyl/N-ethyl adjacent to an activating group) is 1. The number of nitrogens with zero attached hydrogens (tertiary/aromatic N) is 4. The van der Waals surface area contributed by atoms with Gasteiger partial charge < -0.3 is 9.42 Å². The van der Waals surface area contributed by atoms with Crippen LogP contribution in [0.25, 0.3) is 0 Å². The lowest BCUT2D eigenvalue weighted by Gasteiger charge is -2.34. The van der Waals surface area contributed by atoms with E-state index in [-0.39, 0.29) is 6.04 Å². The van der Waals surface area contributed by atoms with Gasteiger partial charge in [0.05, 0.1) is 6.04 Å². The quantitative estimate of drug-likeness (QED) is 0.764. The van der Waals surface area contributed by atoms with E-state index < -0.39 is 0 Å². The first-order chi connectivity index (χ1) is 7.70. The largest absolute Gasteiger partial charge is 0.338 e.